The summed E-state index contributed by atoms with van der Waals surface area (Å²) in [6.07, 6.45) is 6.00. The summed E-state index contributed by atoms with van der Waals surface area (Å²) in [5.74, 6) is 0.478. The topological polar surface area (TPSA) is 162 Å². The number of carbonyl (C=O) groups is 3. The van der Waals surface area contributed by atoms with E-state index in [1.165, 1.54) is 21.4 Å². The molecular formula is C53H66Cl2N4NaO8S. The molecule has 1 aliphatic carbocycles. The standard InChI is InChI=1S/C35H36ClNO3S.C18H29N3O5.ClH.Na/c1-34(2,40)30-9-4-3-7-25(30)13-17-32(41-23-35(18-19-35)22-33(38)39)27-8-5-6-24(20-27)10-15-29-16-12-26-11-14-28(36)21-31(26)37-29;1-18(2,3)19-11-15(22)12-8-13(25-16(23)20(4)5)10-14(9-12)26-17(24)21(6)7;;/h3-12,14-16,20-21,32,40H,13,17-19,22-23H2,1-2H3,(H,38,39);8-10,15,19,22H,11H2,1-7H3;1H;/b15-10+;;;/t32-;;;/m1.../s1. The molecule has 0 saturated heterocycles. The van der Waals surface area contributed by atoms with Crippen molar-refractivity contribution in [1.29, 1.82) is 0 Å². The van der Waals surface area contributed by atoms with Gasteiger partial charge < -0.3 is 39.9 Å². The third-order valence-corrected chi connectivity index (χ3v) is 13.0. The summed E-state index contributed by atoms with van der Waals surface area (Å²) in [5, 5.41) is 35.7. The smallest absolute Gasteiger partial charge is 0.414 e. The number of aliphatic carboxylic acids is 1. The number of aliphatic hydroxyl groups is 2. The number of halogens is 2. The number of fused-ring (bicyclic) bond motifs is 1. The number of ether oxygens (including phenoxy) is 2. The average molecular weight is 1010 g/mol. The summed E-state index contributed by atoms with van der Waals surface area (Å²) >= 11 is 8.04. The predicted molar refractivity (Wildman–Crippen MR) is 283 cm³/mol. The zero-order valence-corrected chi connectivity index (χ0v) is 45.8. The first kappa shape index (κ1) is 59.2. The molecule has 12 nitrogen and oxygen atoms in total. The first-order chi connectivity index (χ1) is 31.5. The van der Waals surface area contributed by atoms with Gasteiger partial charge in [-0.2, -0.15) is 11.8 Å². The number of amides is 2. The van der Waals surface area contributed by atoms with Crippen molar-refractivity contribution in [1.82, 2.24) is 20.1 Å². The van der Waals surface area contributed by atoms with Crippen molar-refractivity contribution in [3.8, 4) is 11.5 Å². The van der Waals surface area contributed by atoms with E-state index in [1.54, 1.807) is 40.3 Å². The summed E-state index contributed by atoms with van der Waals surface area (Å²) in [5.41, 5.74) is 5.45. The Morgan fingerprint density at radius 1 is 0.841 bits per heavy atom. The number of hydrogen-bond acceptors (Lipinski definition) is 10. The fraction of sp³-hybridized carbons (Fsp3) is 0.396. The number of carbonyl (C=O) groups excluding carboxylic acids is 2. The summed E-state index contributed by atoms with van der Waals surface area (Å²) in [7, 11) is 6.23. The van der Waals surface area contributed by atoms with Crippen LogP contribution in [0.5, 0.6) is 11.5 Å². The molecule has 16 heteroatoms. The van der Waals surface area contributed by atoms with Gasteiger partial charge in [0.15, 0.2) is 0 Å². The quantitative estimate of drug-likeness (QED) is 0.0656. The Kier molecular flexibility index (Phi) is 22.6. The predicted octanol–water partition coefficient (Wildman–Crippen LogP) is 11.2. The largest absolute Gasteiger partial charge is 0.481 e. The van der Waals surface area contributed by atoms with E-state index in [-0.39, 0.29) is 82.6 Å². The number of carboxylic acid groups (broad SMARTS) is 1. The molecule has 0 aliphatic heterocycles. The molecule has 4 N–H and O–H groups in total. The van der Waals surface area contributed by atoms with Crippen molar-refractivity contribution in [3.63, 3.8) is 0 Å². The number of thioether (sulfide) groups is 1. The molecular weight excluding hydrogens is 947 g/mol. The summed E-state index contributed by atoms with van der Waals surface area (Å²) < 4.78 is 10.5. The van der Waals surface area contributed by atoms with Gasteiger partial charge in [0.1, 0.15) is 11.5 Å². The fourth-order valence-corrected chi connectivity index (χ4v) is 8.90. The van der Waals surface area contributed by atoms with Gasteiger partial charge in [-0.15, -0.1) is 12.4 Å². The van der Waals surface area contributed by atoms with Gasteiger partial charge >= 0.3 is 18.2 Å². The van der Waals surface area contributed by atoms with Crippen LogP contribution in [-0.4, -0.2) is 124 Å². The maximum Gasteiger partial charge on any atom is 0.414 e. The van der Waals surface area contributed by atoms with Crippen molar-refractivity contribution >= 4 is 107 Å². The van der Waals surface area contributed by atoms with E-state index in [0.29, 0.717) is 10.6 Å². The third-order valence-electron chi connectivity index (χ3n) is 11.1. The fourth-order valence-electron chi connectivity index (χ4n) is 7.17. The Bertz CT molecular complexity index is 2500. The molecule has 0 bridgehead atoms. The Hall–Kier alpha value is -4.15. The maximum atomic E-state index is 11.8. The van der Waals surface area contributed by atoms with Crippen LogP contribution in [0.1, 0.15) is 105 Å². The second-order valence-electron chi connectivity index (χ2n) is 19.1. The molecule has 6 rings (SSSR count). The van der Waals surface area contributed by atoms with Crippen LogP contribution < -0.4 is 14.8 Å². The van der Waals surface area contributed by atoms with Crippen LogP contribution in [0.3, 0.4) is 0 Å². The molecule has 2 atom stereocenters. The summed E-state index contributed by atoms with van der Waals surface area (Å²) in [6, 6.07) is 31.0. The molecule has 5 aromatic rings. The number of aliphatic hydroxyl groups excluding tert-OH is 1. The van der Waals surface area contributed by atoms with Crippen LogP contribution in [0.2, 0.25) is 5.02 Å². The van der Waals surface area contributed by atoms with Crippen molar-refractivity contribution in [2.75, 3.05) is 40.5 Å². The number of nitrogens with zero attached hydrogens (tertiary/aromatic N) is 3. The van der Waals surface area contributed by atoms with Crippen molar-refractivity contribution in [3.05, 3.63) is 136 Å². The van der Waals surface area contributed by atoms with Crippen LogP contribution in [0.4, 0.5) is 9.59 Å². The zero-order valence-electron chi connectivity index (χ0n) is 41.4. The van der Waals surface area contributed by atoms with Crippen molar-refractivity contribution < 1.29 is 39.2 Å². The van der Waals surface area contributed by atoms with Gasteiger partial charge in [0.05, 0.1) is 29.3 Å². The van der Waals surface area contributed by atoms with E-state index < -0.39 is 29.9 Å². The Labute approximate surface area is 444 Å². The second-order valence-corrected chi connectivity index (χ2v) is 20.7. The molecule has 1 saturated carbocycles. The summed E-state index contributed by atoms with van der Waals surface area (Å²) in [6.45, 7) is 9.90. The van der Waals surface area contributed by atoms with Crippen LogP contribution in [0.15, 0.2) is 97.1 Å². The van der Waals surface area contributed by atoms with Crippen LogP contribution in [-0.2, 0) is 16.8 Å². The SMILES string of the molecule is CC(C)(O)c1ccccc1CC[C@@H](SCC1(CC(=O)O)CC1)c1cccc(/C=C/c2ccc3ccc(Cl)cc3n2)c1.CN(C)C(=O)Oc1cc(OC(=O)N(C)C)cc(C(O)CNC(C)(C)C)c1.Cl.[Na]. The number of hydrogen-bond donors (Lipinski definition) is 4. The number of rotatable bonds is 17. The van der Waals surface area contributed by atoms with Gasteiger partial charge in [0.25, 0.3) is 0 Å². The maximum absolute atomic E-state index is 11.8. The van der Waals surface area contributed by atoms with Gasteiger partial charge in [-0.3, -0.25) is 4.79 Å². The van der Waals surface area contributed by atoms with Crippen LogP contribution >= 0.6 is 35.8 Å². The number of β-amino-alcohol motifs (C(OH)–C–C–N with tert-alkyl or cyclic N) is 1. The monoisotopic (exact) mass is 1010 g/mol. The van der Waals surface area contributed by atoms with Gasteiger partial charge in [0.2, 0.25) is 0 Å². The van der Waals surface area contributed by atoms with E-state index in [1.807, 2.05) is 94.9 Å². The molecule has 367 valence electrons. The number of carboxylic acids is 1. The number of pyridine rings is 1. The number of benzene rings is 4. The molecule has 1 radical (unpaired) electrons. The van der Waals surface area contributed by atoms with Gasteiger partial charge in [-0.25, -0.2) is 14.6 Å². The van der Waals surface area contributed by atoms with Crippen molar-refractivity contribution in [2.24, 2.45) is 5.41 Å². The Morgan fingerprint density at radius 2 is 1.46 bits per heavy atom. The normalized spacial score (nSPS) is 13.7. The van der Waals surface area contributed by atoms with E-state index in [0.717, 1.165) is 64.7 Å². The van der Waals surface area contributed by atoms with E-state index in [4.69, 9.17) is 26.1 Å². The molecule has 1 aromatic heterocycles. The minimum absolute atomic E-state index is 0. The molecule has 4 aromatic carbocycles. The number of aromatic nitrogens is 1. The second kappa shape index (κ2) is 26.3. The molecule has 1 unspecified atom stereocenters. The molecule has 69 heavy (non-hydrogen) atoms. The van der Waals surface area contributed by atoms with E-state index >= 15 is 0 Å². The first-order valence-electron chi connectivity index (χ1n) is 22.3. The minimum atomic E-state index is -0.911. The minimum Gasteiger partial charge on any atom is -0.481 e. The first-order valence-corrected chi connectivity index (χ1v) is 23.8. The van der Waals surface area contributed by atoms with Gasteiger partial charge in [-0.05, 0) is 130 Å². The Balaban J connectivity index is 0.000000393. The number of nitrogens with one attached hydrogen (secondary N) is 1. The van der Waals surface area contributed by atoms with Crippen LogP contribution in [0.25, 0.3) is 23.1 Å². The van der Waals surface area contributed by atoms with E-state index in [9.17, 15) is 29.7 Å². The molecule has 1 heterocycles. The zero-order chi connectivity index (χ0) is 49.1. The number of aryl methyl sites for hydroxylation is 1. The van der Waals surface area contributed by atoms with Crippen LogP contribution in [0, 0.1) is 5.41 Å². The third kappa shape index (κ3) is 19.2. The van der Waals surface area contributed by atoms with Gasteiger partial charge in [-0.1, -0.05) is 78.3 Å². The molecule has 1 aliphatic rings. The average Bonchev–Trinajstić information content (AvgIpc) is 4.02. The Morgan fingerprint density at radius 3 is 2.04 bits per heavy atom. The van der Waals surface area contributed by atoms with E-state index in [2.05, 4.69) is 47.8 Å². The molecule has 1 fully saturated rings. The molecule has 2 amide bonds. The van der Waals surface area contributed by atoms with Gasteiger partial charge in [0, 0.05) is 97.3 Å². The summed E-state index contributed by atoms with van der Waals surface area (Å²) in [4.78, 5) is 42.4. The van der Waals surface area contributed by atoms with Crippen molar-refractivity contribution in [2.45, 2.75) is 89.2 Å². The molecule has 0 spiro atoms.